The molecule has 3 N–H and O–H groups in total. The average molecular weight is 409 g/mol. The van der Waals surface area contributed by atoms with Crippen LogP contribution in [0.3, 0.4) is 0 Å². The van der Waals surface area contributed by atoms with Gasteiger partial charge in [-0.05, 0) is 43.5 Å². The van der Waals surface area contributed by atoms with E-state index >= 15 is 0 Å². The summed E-state index contributed by atoms with van der Waals surface area (Å²) in [6.45, 7) is 3.37. The van der Waals surface area contributed by atoms with Gasteiger partial charge in [-0.3, -0.25) is 9.59 Å². The number of sulfonamides is 1. The Hall–Kier alpha value is -2.72. The van der Waals surface area contributed by atoms with Crippen molar-refractivity contribution in [1.82, 2.24) is 9.62 Å². The molecule has 1 aromatic rings. The van der Waals surface area contributed by atoms with Gasteiger partial charge in [-0.1, -0.05) is 6.08 Å². The van der Waals surface area contributed by atoms with Crippen molar-refractivity contribution in [3.63, 3.8) is 0 Å². The Morgan fingerprint density at radius 1 is 1.25 bits per heavy atom. The van der Waals surface area contributed by atoms with Gasteiger partial charge in [0.2, 0.25) is 15.9 Å². The number of piperidine rings is 1. The number of ether oxygens (including phenoxy) is 1. The maximum atomic E-state index is 12.3. The molecule has 0 spiro atoms. The molecule has 0 unspecified atom stereocenters. The third-order valence-electron chi connectivity index (χ3n) is 4.30. The van der Waals surface area contributed by atoms with Crippen molar-refractivity contribution in [3.05, 3.63) is 42.5 Å². The molecule has 0 radical (unpaired) electrons. The van der Waals surface area contributed by atoms with E-state index in [1.54, 1.807) is 0 Å². The molecule has 152 valence electrons. The molecule has 28 heavy (non-hydrogen) atoms. The van der Waals surface area contributed by atoms with Crippen LogP contribution in [-0.4, -0.2) is 56.8 Å². The number of hydrogen-bond acceptors (Lipinski definition) is 6. The summed E-state index contributed by atoms with van der Waals surface area (Å²) in [5.74, 6) is -1.85. The first-order valence-electron chi connectivity index (χ1n) is 8.73. The normalized spacial score (nSPS) is 17.0. The van der Waals surface area contributed by atoms with Crippen molar-refractivity contribution in [2.24, 2.45) is 5.73 Å². The predicted octanol–water partition coefficient (Wildman–Crippen LogP) is 0.174. The molecule has 1 fully saturated rings. The third kappa shape index (κ3) is 5.40. The molecular formula is C18H23N3O6S. The first-order valence-corrected chi connectivity index (χ1v) is 10.2. The Morgan fingerprint density at radius 2 is 1.93 bits per heavy atom. The minimum Gasteiger partial charge on any atom is -0.452 e. The van der Waals surface area contributed by atoms with Crippen LogP contribution in [0.15, 0.2) is 41.8 Å². The first-order chi connectivity index (χ1) is 13.3. The zero-order valence-electron chi connectivity index (χ0n) is 15.3. The second-order valence-electron chi connectivity index (χ2n) is 6.24. The molecular weight excluding hydrogens is 386 g/mol. The van der Waals surface area contributed by atoms with Crippen LogP contribution in [0.25, 0.3) is 0 Å². The molecule has 2 rings (SSSR count). The highest BCUT2D eigenvalue weighted by Crippen LogP contribution is 2.17. The summed E-state index contributed by atoms with van der Waals surface area (Å²) in [5, 5.41) is 0. The van der Waals surface area contributed by atoms with E-state index in [9.17, 15) is 22.8 Å². The number of nitrogens with one attached hydrogen (secondary N) is 1. The average Bonchev–Trinajstić information content (AvgIpc) is 2.70. The van der Waals surface area contributed by atoms with Crippen LogP contribution in [0.5, 0.6) is 0 Å². The lowest BCUT2D eigenvalue weighted by Crippen LogP contribution is -2.51. The van der Waals surface area contributed by atoms with Crippen molar-refractivity contribution >= 4 is 27.8 Å². The second-order valence-corrected chi connectivity index (χ2v) is 8.01. The van der Waals surface area contributed by atoms with Crippen LogP contribution >= 0.6 is 0 Å². The van der Waals surface area contributed by atoms with Gasteiger partial charge in [-0.15, -0.1) is 6.58 Å². The van der Waals surface area contributed by atoms with E-state index in [-0.39, 0.29) is 17.0 Å². The lowest BCUT2D eigenvalue weighted by molar-refractivity contribution is -0.143. The summed E-state index contributed by atoms with van der Waals surface area (Å²) >= 11 is 0. The van der Waals surface area contributed by atoms with Gasteiger partial charge in [0.15, 0.2) is 6.61 Å². The van der Waals surface area contributed by atoms with Crippen LogP contribution in [0.1, 0.15) is 29.6 Å². The van der Waals surface area contributed by atoms with Gasteiger partial charge in [-0.25, -0.2) is 17.9 Å². The van der Waals surface area contributed by atoms with Crippen LogP contribution in [0.2, 0.25) is 0 Å². The van der Waals surface area contributed by atoms with Crippen LogP contribution < -0.4 is 10.5 Å². The third-order valence-corrected chi connectivity index (χ3v) is 5.74. The minimum absolute atomic E-state index is 0.0143. The smallest absolute Gasteiger partial charge is 0.338 e. The Kier molecular flexibility index (Phi) is 7.30. The standard InChI is InChI=1S/C18H23N3O6S/c1-2-10-20-28(25,26)14-8-6-13(7-9-14)18(24)27-12-16(22)21-11-4-3-5-15(21)17(19)23/h2,6-9,15,20H,1,3-5,10-12H2,(H2,19,23)/t15-/m1/s1. The molecule has 1 aliphatic rings. The van der Waals surface area contributed by atoms with Crippen LogP contribution in [-0.2, 0) is 24.3 Å². The summed E-state index contributed by atoms with van der Waals surface area (Å²) < 4.78 is 31.3. The van der Waals surface area contributed by atoms with Crippen molar-refractivity contribution in [1.29, 1.82) is 0 Å². The number of benzene rings is 1. The highest BCUT2D eigenvalue weighted by atomic mass is 32.2. The summed E-state index contributed by atoms with van der Waals surface area (Å²) in [7, 11) is -3.70. The number of amides is 2. The van der Waals surface area contributed by atoms with E-state index in [1.165, 1.54) is 35.2 Å². The maximum Gasteiger partial charge on any atom is 0.338 e. The number of nitrogens with zero attached hydrogens (tertiary/aromatic N) is 1. The molecule has 0 saturated carbocycles. The molecule has 1 aliphatic heterocycles. The van der Waals surface area contributed by atoms with Crippen molar-refractivity contribution in [2.75, 3.05) is 19.7 Å². The summed E-state index contributed by atoms with van der Waals surface area (Å²) in [4.78, 5) is 37.2. The van der Waals surface area contributed by atoms with Crippen molar-refractivity contribution in [2.45, 2.75) is 30.2 Å². The van der Waals surface area contributed by atoms with Gasteiger partial charge >= 0.3 is 5.97 Å². The fourth-order valence-corrected chi connectivity index (χ4v) is 3.84. The molecule has 1 saturated heterocycles. The molecule has 10 heteroatoms. The summed E-state index contributed by atoms with van der Waals surface area (Å²) in [5.41, 5.74) is 5.42. The van der Waals surface area contributed by atoms with Crippen LogP contribution in [0.4, 0.5) is 0 Å². The quantitative estimate of drug-likeness (QED) is 0.464. The number of nitrogens with two attached hydrogens (primary N) is 1. The summed E-state index contributed by atoms with van der Waals surface area (Å²) in [6.07, 6.45) is 3.45. The SMILES string of the molecule is C=CCNS(=O)(=O)c1ccc(C(=O)OCC(=O)N2CCCC[C@@H]2C(N)=O)cc1. The van der Waals surface area contributed by atoms with E-state index in [2.05, 4.69) is 11.3 Å². The zero-order chi connectivity index (χ0) is 20.7. The number of carbonyl (C=O) groups is 3. The molecule has 1 atom stereocenters. The summed E-state index contributed by atoms with van der Waals surface area (Å²) in [6, 6.07) is 4.42. The Balaban J connectivity index is 1.96. The van der Waals surface area contributed by atoms with E-state index in [4.69, 9.17) is 10.5 Å². The van der Waals surface area contributed by atoms with Gasteiger partial charge in [0, 0.05) is 13.1 Å². The Morgan fingerprint density at radius 3 is 2.54 bits per heavy atom. The molecule has 0 aliphatic carbocycles. The maximum absolute atomic E-state index is 12.3. The molecule has 2 amide bonds. The fourth-order valence-electron chi connectivity index (χ4n) is 2.84. The molecule has 0 bridgehead atoms. The molecule has 0 aromatic heterocycles. The second kappa shape index (κ2) is 9.47. The fraction of sp³-hybridized carbons (Fsp3) is 0.389. The number of esters is 1. The predicted molar refractivity (Wildman–Crippen MR) is 101 cm³/mol. The van der Waals surface area contributed by atoms with Gasteiger partial charge in [0.05, 0.1) is 10.5 Å². The van der Waals surface area contributed by atoms with Gasteiger partial charge in [0.25, 0.3) is 5.91 Å². The van der Waals surface area contributed by atoms with E-state index in [0.29, 0.717) is 13.0 Å². The first kappa shape index (κ1) is 21.6. The lowest BCUT2D eigenvalue weighted by atomic mass is 10.0. The van der Waals surface area contributed by atoms with Gasteiger partial charge in [-0.2, -0.15) is 0 Å². The Labute approximate surface area is 163 Å². The molecule has 9 nitrogen and oxygen atoms in total. The monoisotopic (exact) mass is 409 g/mol. The number of carbonyl (C=O) groups excluding carboxylic acids is 3. The van der Waals surface area contributed by atoms with Crippen molar-refractivity contribution in [3.8, 4) is 0 Å². The van der Waals surface area contributed by atoms with E-state index in [0.717, 1.165) is 12.8 Å². The number of rotatable bonds is 8. The highest BCUT2D eigenvalue weighted by Gasteiger charge is 2.31. The lowest BCUT2D eigenvalue weighted by Gasteiger charge is -2.33. The molecule has 1 heterocycles. The number of hydrogen-bond donors (Lipinski definition) is 2. The molecule has 1 aromatic carbocycles. The minimum atomic E-state index is -3.70. The Bertz CT molecular complexity index is 851. The van der Waals surface area contributed by atoms with Gasteiger partial charge in [0.1, 0.15) is 6.04 Å². The topological polar surface area (TPSA) is 136 Å². The number of likely N-dealkylation sites (tertiary alicyclic amines) is 1. The van der Waals surface area contributed by atoms with Gasteiger partial charge < -0.3 is 15.4 Å². The van der Waals surface area contributed by atoms with E-state index in [1.807, 2.05) is 0 Å². The number of primary amides is 1. The largest absolute Gasteiger partial charge is 0.452 e. The van der Waals surface area contributed by atoms with Crippen LogP contribution in [0, 0.1) is 0 Å². The highest BCUT2D eigenvalue weighted by molar-refractivity contribution is 7.89. The zero-order valence-corrected chi connectivity index (χ0v) is 16.1. The van der Waals surface area contributed by atoms with Crippen molar-refractivity contribution < 1.29 is 27.5 Å². The van der Waals surface area contributed by atoms with E-state index < -0.39 is 40.5 Å².